The van der Waals surface area contributed by atoms with Gasteiger partial charge in [0.2, 0.25) is 41.4 Å². The molecule has 560 valence electrons. The zero-order chi connectivity index (χ0) is 76.6. The van der Waals surface area contributed by atoms with Gasteiger partial charge in [0.1, 0.15) is 54.6 Å². The molecule has 108 heavy (non-hydrogen) atoms. The Morgan fingerprint density at radius 3 is 1.07 bits per heavy atom. The third-order valence-corrected chi connectivity index (χ3v) is 20.4. The number of halogens is 1. The van der Waals surface area contributed by atoms with Gasteiger partial charge in [0, 0.05) is 116 Å². The quantitative estimate of drug-likeness (QED) is 0.0585. The van der Waals surface area contributed by atoms with Crippen LogP contribution in [0.15, 0.2) is 250 Å². The largest absolute Gasteiger partial charge is 0.484 e. The second-order valence-corrected chi connectivity index (χ2v) is 27.9. The highest BCUT2D eigenvalue weighted by Crippen LogP contribution is 2.36. The van der Waals surface area contributed by atoms with Crippen LogP contribution in [0.5, 0.6) is 5.75 Å². The van der Waals surface area contributed by atoms with E-state index in [1.54, 1.807) is 105 Å². The molecule has 0 saturated carbocycles. The lowest BCUT2D eigenvalue weighted by molar-refractivity contribution is -0.138. The van der Waals surface area contributed by atoms with Crippen LogP contribution in [0.4, 0.5) is 0 Å². The highest BCUT2D eigenvalue weighted by Gasteiger charge is 2.50. The van der Waals surface area contributed by atoms with Crippen LogP contribution in [0.1, 0.15) is 104 Å². The first-order valence-electron chi connectivity index (χ1n) is 36.8. The molecule has 4 aliphatic rings. The first kappa shape index (κ1) is 79.2. The molecule has 0 radical (unpaired) electrons. The Balaban J connectivity index is 0.000000155. The van der Waals surface area contributed by atoms with Crippen molar-refractivity contribution in [2.75, 3.05) is 34.8 Å². The second-order valence-electron chi connectivity index (χ2n) is 27.5. The number of likely N-dealkylation sites (N-methyl/N-ethyl adjacent to an activating group) is 4. The number of ether oxygens (including phenoxy) is 1. The van der Waals surface area contributed by atoms with Gasteiger partial charge < -0.3 is 43.9 Å². The van der Waals surface area contributed by atoms with Gasteiger partial charge in [0.15, 0.2) is 6.61 Å². The second kappa shape index (κ2) is 38.8. The van der Waals surface area contributed by atoms with Gasteiger partial charge in [0.05, 0.1) is 0 Å². The maximum Gasteiger partial charge on any atom is 0.262 e. The predicted octanol–water partition coefficient (Wildman–Crippen LogP) is 11.9. The molecule has 8 atom stereocenters. The Morgan fingerprint density at radius 2 is 0.704 bits per heavy atom. The standard InChI is InChI=1S/C26H27N3O3.C22H27N3O2.C20H23N3O2.C19H19ClN2O2/c1-28-24(15-14-20-9-4-2-5-10-20)29(25(30)19-32-22-12-6-3-7-13-22)23(26(28)31)17-21-11-8-16-27-18-21;1-3-8-21(26)25-19(15-18-11-7-14-23-16-18)22(27)24(2)20(25)13-12-17-9-5-4-6-10-17;1-15(24)23-18(13-17-9-6-12-21-14-17)20(25)22(2)19(23)11-10-16-7-4-3-5-8-16;1-13(23)22-17(12-14-6-4-3-5-7-14)19(24)21(2)18(22)15-8-10-16(20)11-9-15/h2-13,16,18,23-24H,14-15,17,19H2,1H3;4-7,9-11,14,16,19-20H,3,8,12-13,15H2,1-2H3;3-9,12,14,18-19H,10-11,13H2,1-2H3;3-11,17-18H,12H2,1-2H3/t23-,24?;19-,20?;18-,19?;17-,18?/m1111/s1. The number of hydrogen-bond acceptors (Lipinski definition) is 12. The predicted molar refractivity (Wildman–Crippen MR) is 416 cm³/mol. The summed E-state index contributed by atoms with van der Waals surface area (Å²) in [6.45, 7) is 4.93. The van der Waals surface area contributed by atoms with Gasteiger partial charge in [-0.05, 0) is 132 Å². The van der Waals surface area contributed by atoms with Crippen LogP contribution in [0, 0.1) is 0 Å². The third-order valence-electron chi connectivity index (χ3n) is 20.2. The van der Waals surface area contributed by atoms with Crippen molar-refractivity contribution in [3.63, 3.8) is 0 Å². The summed E-state index contributed by atoms with van der Waals surface area (Å²) in [7, 11) is 7.12. The molecular formula is C87H96ClN11O9. The van der Waals surface area contributed by atoms with Crippen molar-refractivity contribution < 1.29 is 43.1 Å². The van der Waals surface area contributed by atoms with Crippen molar-refractivity contribution in [1.29, 1.82) is 0 Å². The first-order chi connectivity index (χ1) is 52.3. The van der Waals surface area contributed by atoms with Crippen LogP contribution in [0.25, 0.3) is 0 Å². The fourth-order valence-corrected chi connectivity index (χ4v) is 14.9. The number of pyridine rings is 3. The molecule has 8 amide bonds. The zero-order valence-corrected chi connectivity index (χ0v) is 63.2. The van der Waals surface area contributed by atoms with Gasteiger partial charge in [-0.1, -0.05) is 188 Å². The van der Waals surface area contributed by atoms with E-state index in [2.05, 4.69) is 51.4 Å². The molecule has 0 spiro atoms. The number of carbonyl (C=O) groups excluding carboxylic acids is 8. The maximum absolute atomic E-state index is 13.3. The number of rotatable bonds is 23. The molecular weight excluding hydrogens is 1380 g/mol. The minimum Gasteiger partial charge on any atom is -0.484 e. The van der Waals surface area contributed by atoms with Gasteiger partial charge >= 0.3 is 0 Å². The lowest BCUT2D eigenvalue weighted by Gasteiger charge is -2.30. The number of nitrogens with zero attached hydrogens (tertiary/aromatic N) is 11. The van der Waals surface area contributed by atoms with Crippen LogP contribution in [0.2, 0.25) is 5.02 Å². The molecule has 4 fully saturated rings. The van der Waals surface area contributed by atoms with Crippen molar-refractivity contribution in [3.05, 3.63) is 299 Å². The van der Waals surface area contributed by atoms with Crippen LogP contribution >= 0.6 is 11.6 Å². The summed E-state index contributed by atoms with van der Waals surface area (Å²) in [5, 5.41) is 0.626. The van der Waals surface area contributed by atoms with Gasteiger partial charge in [-0.25, -0.2) is 0 Å². The molecule has 13 rings (SSSR count). The summed E-state index contributed by atoms with van der Waals surface area (Å²) >= 11 is 5.96. The molecule has 21 heteroatoms. The molecule has 0 aliphatic carbocycles. The molecule has 4 saturated heterocycles. The lowest BCUT2D eigenvalue weighted by Crippen LogP contribution is -2.47. The number of para-hydroxylation sites is 1. The molecule has 0 bridgehead atoms. The van der Waals surface area contributed by atoms with E-state index < -0.39 is 30.3 Å². The molecule has 0 N–H and O–H groups in total. The Hall–Kier alpha value is -11.4. The fraction of sp³-hybridized carbons (Fsp3) is 0.322. The normalized spacial score (nSPS) is 19.5. The minimum atomic E-state index is -0.572. The van der Waals surface area contributed by atoms with Crippen molar-refractivity contribution in [2.24, 2.45) is 0 Å². The highest BCUT2D eigenvalue weighted by atomic mass is 35.5. The molecule has 4 aliphatic heterocycles. The molecule has 20 nitrogen and oxygen atoms in total. The number of amides is 8. The molecule has 6 aromatic carbocycles. The number of hydrogen-bond donors (Lipinski definition) is 0. The van der Waals surface area contributed by atoms with E-state index >= 15 is 0 Å². The monoisotopic (exact) mass is 1470 g/mol. The summed E-state index contributed by atoms with van der Waals surface area (Å²) in [6, 6.07) is 66.2. The topological polar surface area (TPSA) is 210 Å². The minimum absolute atomic E-state index is 0.00267. The number of carbonyl (C=O) groups is 8. The number of aromatic nitrogens is 3. The molecule has 3 aromatic heterocycles. The van der Waals surface area contributed by atoms with Gasteiger partial charge in [-0.15, -0.1) is 0 Å². The summed E-state index contributed by atoms with van der Waals surface area (Å²) in [5.74, 6) is 0.218. The Labute approximate surface area is 638 Å². The van der Waals surface area contributed by atoms with Crippen molar-refractivity contribution in [3.8, 4) is 5.75 Å². The smallest absolute Gasteiger partial charge is 0.262 e. The molecule has 7 heterocycles. The van der Waals surface area contributed by atoms with Crippen LogP contribution in [0.3, 0.4) is 0 Å². The average Bonchev–Trinajstić information content (AvgIpc) is 1.61. The van der Waals surface area contributed by atoms with Gasteiger partial charge in [-0.3, -0.25) is 53.3 Å². The van der Waals surface area contributed by atoms with E-state index in [0.717, 1.165) is 66.3 Å². The third kappa shape index (κ3) is 20.4. The Bertz CT molecular complexity index is 4390. The summed E-state index contributed by atoms with van der Waals surface area (Å²) in [6.07, 6.45) is 17.0. The van der Waals surface area contributed by atoms with Crippen LogP contribution in [-0.2, 0) is 83.3 Å². The zero-order valence-electron chi connectivity index (χ0n) is 62.5. The molecule has 4 unspecified atom stereocenters. The fourth-order valence-electron chi connectivity index (χ4n) is 14.7. The van der Waals surface area contributed by atoms with Gasteiger partial charge in [0.25, 0.3) is 5.91 Å². The van der Waals surface area contributed by atoms with E-state index in [-0.39, 0.29) is 72.4 Å². The van der Waals surface area contributed by atoms with E-state index in [1.807, 2.05) is 183 Å². The van der Waals surface area contributed by atoms with Crippen LogP contribution < -0.4 is 4.74 Å². The van der Waals surface area contributed by atoms with Crippen molar-refractivity contribution in [1.82, 2.24) is 54.2 Å². The van der Waals surface area contributed by atoms with Gasteiger partial charge in [-0.2, -0.15) is 0 Å². The van der Waals surface area contributed by atoms with E-state index in [4.69, 9.17) is 16.3 Å². The Kier molecular flexibility index (Phi) is 28.4. The average molecular weight is 1480 g/mol. The number of aryl methyl sites for hydroxylation is 3. The Morgan fingerprint density at radius 1 is 0.380 bits per heavy atom. The maximum atomic E-state index is 13.3. The van der Waals surface area contributed by atoms with Crippen molar-refractivity contribution >= 4 is 58.9 Å². The van der Waals surface area contributed by atoms with Crippen molar-refractivity contribution in [2.45, 2.75) is 147 Å². The first-order valence-corrected chi connectivity index (χ1v) is 37.2. The van der Waals surface area contributed by atoms with Crippen LogP contribution in [-0.4, -0.2) is 179 Å². The molecule has 9 aromatic rings. The highest BCUT2D eigenvalue weighted by molar-refractivity contribution is 6.30. The SMILES string of the molecule is CC(=O)N1C(CCc2ccccc2)N(C)C(=O)[C@H]1Cc1cccnc1.CC(=O)N1C(c2ccc(Cl)cc2)N(C)C(=O)[C@H]1Cc1ccccc1.CCCC(=O)N1C(CCc2ccccc2)N(C)C(=O)[C@H]1Cc1cccnc1.CN1C(=O)[C@@H](Cc2cccnc2)N(C(=O)COc2ccccc2)C1CCc1ccccc1. The summed E-state index contributed by atoms with van der Waals surface area (Å²) in [5.41, 5.74) is 8.38. The lowest BCUT2D eigenvalue weighted by atomic mass is 10.0. The van der Waals surface area contributed by atoms with E-state index in [9.17, 15) is 38.4 Å². The van der Waals surface area contributed by atoms with E-state index in [0.29, 0.717) is 49.3 Å². The van der Waals surface area contributed by atoms with E-state index in [1.165, 1.54) is 30.5 Å². The summed E-state index contributed by atoms with van der Waals surface area (Å²) in [4.78, 5) is 129. The summed E-state index contributed by atoms with van der Waals surface area (Å²) < 4.78 is 5.73. The number of benzene rings is 6.